The minimum Gasteiger partial charge on any atom is -0.469 e. The fourth-order valence-corrected chi connectivity index (χ4v) is 2.13. The number of rotatable bonds is 8. The first kappa shape index (κ1) is 18.0. The van der Waals surface area contributed by atoms with Gasteiger partial charge in [0.25, 0.3) is 0 Å². The molecule has 22 heavy (non-hydrogen) atoms. The van der Waals surface area contributed by atoms with E-state index in [1.807, 2.05) is 26.0 Å². The predicted octanol–water partition coefficient (Wildman–Crippen LogP) is 3.55. The molecule has 1 aromatic carbocycles. The number of hydrogen-bond acceptors (Lipinski definition) is 4. The highest BCUT2D eigenvalue weighted by molar-refractivity contribution is 5.89. The topological polar surface area (TPSA) is 52.6 Å². The molecule has 0 N–H and O–H groups in total. The van der Waals surface area contributed by atoms with E-state index in [0.29, 0.717) is 18.4 Å². The molecular formula is C18H24O4. The first-order valence-corrected chi connectivity index (χ1v) is 7.46. The summed E-state index contributed by atoms with van der Waals surface area (Å²) in [6, 6.07) is 7.14. The molecule has 120 valence electrons. The molecule has 0 radical (unpaired) electrons. The van der Waals surface area contributed by atoms with Gasteiger partial charge in [-0.05, 0) is 50.8 Å². The Hall–Kier alpha value is -2.10. The first-order chi connectivity index (χ1) is 10.5. The van der Waals surface area contributed by atoms with Gasteiger partial charge < -0.3 is 9.47 Å². The fraction of sp³-hybridized carbons (Fsp3) is 0.444. The zero-order valence-corrected chi connectivity index (χ0v) is 13.5. The van der Waals surface area contributed by atoms with E-state index in [4.69, 9.17) is 9.47 Å². The molecule has 1 aromatic rings. The van der Waals surface area contributed by atoms with E-state index in [2.05, 4.69) is 6.58 Å². The molecule has 0 aliphatic heterocycles. The van der Waals surface area contributed by atoms with Gasteiger partial charge in [0.05, 0.1) is 24.7 Å². The van der Waals surface area contributed by atoms with E-state index in [0.717, 1.165) is 12.0 Å². The van der Waals surface area contributed by atoms with Crippen molar-refractivity contribution < 1.29 is 19.1 Å². The molecule has 0 bridgehead atoms. The molecule has 0 saturated carbocycles. The van der Waals surface area contributed by atoms with Gasteiger partial charge in [-0.3, -0.25) is 4.79 Å². The summed E-state index contributed by atoms with van der Waals surface area (Å²) < 4.78 is 9.98. The maximum absolute atomic E-state index is 11.8. The monoisotopic (exact) mass is 304 g/mol. The summed E-state index contributed by atoms with van der Waals surface area (Å²) in [6.45, 7) is 7.30. The van der Waals surface area contributed by atoms with Gasteiger partial charge >= 0.3 is 11.9 Å². The number of allylic oxidation sites excluding steroid dienone is 1. The van der Waals surface area contributed by atoms with Crippen LogP contribution in [-0.4, -0.2) is 25.2 Å². The molecule has 1 atom stereocenters. The van der Waals surface area contributed by atoms with Crippen molar-refractivity contribution in [2.75, 3.05) is 7.11 Å². The molecule has 4 heteroatoms. The summed E-state index contributed by atoms with van der Waals surface area (Å²) in [5, 5.41) is 0. The summed E-state index contributed by atoms with van der Waals surface area (Å²) in [5.74, 6) is -0.751. The highest BCUT2D eigenvalue weighted by Crippen LogP contribution is 2.17. The summed E-state index contributed by atoms with van der Waals surface area (Å²) in [7, 11) is 1.40. The number of ether oxygens (including phenoxy) is 2. The van der Waals surface area contributed by atoms with Crippen molar-refractivity contribution in [3.63, 3.8) is 0 Å². The Bertz CT molecular complexity index is 502. The number of esters is 2. The van der Waals surface area contributed by atoms with Gasteiger partial charge in [-0.2, -0.15) is 0 Å². The van der Waals surface area contributed by atoms with Crippen LogP contribution in [0.25, 0.3) is 0 Å². The zero-order chi connectivity index (χ0) is 16.5. The predicted molar refractivity (Wildman–Crippen MR) is 85.6 cm³/mol. The normalized spacial score (nSPS) is 11.8. The average Bonchev–Trinajstić information content (AvgIpc) is 2.50. The third-order valence-electron chi connectivity index (χ3n) is 3.27. The number of carbonyl (C=O) groups excluding carboxylic acids is 2. The number of methoxy groups -OCH3 is 1. The standard InChI is InChI=1S/C18H24O4/c1-5-6-7-16(17(19)21-4)12-14-8-10-15(11-9-14)18(20)22-13(2)3/h5,8-11,13,16H,1,6-7,12H2,2-4H3/t16-/m1/s1. The lowest BCUT2D eigenvalue weighted by Gasteiger charge is -2.14. The molecule has 0 aliphatic rings. The second-order valence-corrected chi connectivity index (χ2v) is 5.44. The number of carbonyl (C=O) groups is 2. The molecule has 0 spiro atoms. The summed E-state index contributed by atoms with van der Waals surface area (Å²) in [5.41, 5.74) is 1.50. The van der Waals surface area contributed by atoms with E-state index < -0.39 is 0 Å². The Morgan fingerprint density at radius 1 is 1.23 bits per heavy atom. The van der Waals surface area contributed by atoms with Gasteiger partial charge in [-0.25, -0.2) is 4.79 Å². The van der Waals surface area contributed by atoms with Crippen LogP contribution in [0.5, 0.6) is 0 Å². The van der Waals surface area contributed by atoms with Crippen molar-refractivity contribution >= 4 is 11.9 Å². The van der Waals surface area contributed by atoms with Crippen LogP contribution < -0.4 is 0 Å². The van der Waals surface area contributed by atoms with E-state index in [-0.39, 0.29) is 24.0 Å². The molecule has 0 saturated heterocycles. The molecule has 0 fully saturated rings. The molecule has 0 unspecified atom stereocenters. The van der Waals surface area contributed by atoms with Crippen LogP contribution in [-0.2, 0) is 20.7 Å². The third kappa shape index (κ3) is 5.72. The quantitative estimate of drug-likeness (QED) is 0.544. The van der Waals surface area contributed by atoms with Gasteiger partial charge in [-0.1, -0.05) is 18.2 Å². The van der Waals surface area contributed by atoms with Crippen molar-refractivity contribution in [3.8, 4) is 0 Å². The van der Waals surface area contributed by atoms with Crippen molar-refractivity contribution in [2.24, 2.45) is 5.92 Å². The van der Waals surface area contributed by atoms with E-state index in [9.17, 15) is 9.59 Å². The summed E-state index contributed by atoms with van der Waals surface area (Å²) in [4.78, 5) is 23.6. The molecule has 0 heterocycles. The maximum atomic E-state index is 11.8. The largest absolute Gasteiger partial charge is 0.469 e. The van der Waals surface area contributed by atoms with Gasteiger partial charge in [0.2, 0.25) is 0 Å². The van der Waals surface area contributed by atoms with Gasteiger partial charge in [0, 0.05) is 0 Å². The zero-order valence-electron chi connectivity index (χ0n) is 13.5. The van der Waals surface area contributed by atoms with E-state index in [1.54, 1.807) is 18.2 Å². The van der Waals surface area contributed by atoms with Crippen molar-refractivity contribution in [1.29, 1.82) is 0 Å². The minimum absolute atomic E-state index is 0.144. The molecule has 4 nitrogen and oxygen atoms in total. The second kappa shape index (κ2) is 9.03. The molecule has 0 amide bonds. The van der Waals surface area contributed by atoms with E-state index in [1.165, 1.54) is 7.11 Å². The lowest BCUT2D eigenvalue weighted by atomic mass is 9.94. The highest BCUT2D eigenvalue weighted by Gasteiger charge is 2.19. The van der Waals surface area contributed by atoms with Gasteiger partial charge in [0.1, 0.15) is 0 Å². The molecular weight excluding hydrogens is 280 g/mol. The third-order valence-corrected chi connectivity index (χ3v) is 3.27. The van der Waals surface area contributed by atoms with Crippen LogP contribution >= 0.6 is 0 Å². The summed E-state index contributed by atoms with van der Waals surface area (Å²) in [6.07, 6.45) is 3.70. The average molecular weight is 304 g/mol. The minimum atomic E-state index is -0.335. The van der Waals surface area contributed by atoms with Crippen molar-refractivity contribution in [1.82, 2.24) is 0 Å². The lowest BCUT2D eigenvalue weighted by Crippen LogP contribution is -2.18. The van der Waals surface area contributed by atoms with Crippen LogP contribution in [0.3, 0.4) is 0 Å². The van der Waals surface area contributed by atoms with Crippen LogP contribution in [0.4, 0.5) is 0 Å². The first-order valence-electron chi connectivity index (χ1n) is 7.46. The van der Waals surface area contributed by atoms with Gasteiger partial charge in [-0.15, -0.1) is 6.58 Å². The number of benzene rings is 1. The molecule has 0 aliphatic carbocycles. The van der Waals surface area contributed by atoms with Crippen molar-refractivity contribution in [2.45, 2.75) is 39.2 Å². The Kier molecular flexibility index (Phi) is 7.37. The lowest BCUT2D eigenvalue weighted by molar-refractivity contribution is -0.145. The van der Waals surface area contributed by atoms with Crippen LogP contribution in [0.1, 0.15) is 42.6 Å². The second-order valence-electron chi connectivity index (χ2n) is 5.44. The highest BCUT2D eigenvalue weighted by atomic mass is 16.5. The maximum Gasteiger partial charge on any atom is 0.338 e. The smallest absolute Gasteiger partial charge is 0.338 e. The Labute approximate surface area is 132 Å². The SMILES string of the molecule is C=CCC[C@H](Cc1ccc(C(=O)OC(C)C)cc1)C(=O)OC. The molecule has 0 aromatic heterocycles. The van der Waals surface area contributed by atoms with E-state index >= 15 is 0 Å². The van der Waals surface area contributed by atoms with Gasteiger partial charge in [0.15, 0.2) is 0 Å². The van der Waals surface area contributed by atoms with Crippen molar-refractivity contribution in [3.05, 3.63) is 48.0 Å². The Morgan fingerprint density at radius 3 is 2.36 bits per heavy atom. The summed E-state index contributed by atoms with van der Waals surface area (Å²) >= 11 is 0. The Morgan fingerprint density at radius 2 is 1.86 bits per heavy atom. The van der Waals surface area contributed by atoms with Crippen LogP contribution in [0.15, 0.2) is 36.9 Å². The number of hydrogen-bond donors (Lipinski definition) is 0. The fourth-order valence-electron chi connectivity index (χ4n) is 2.13. The van der Waals surface area contributed by atoms with Crippen LogP contribution in [0.2, 0.25) is 0 Å². The van der Waals surface area contributed by atoms with Crippen LogP contribution in [0, 0.1) is 5.92 Å². The molecule has 1 rings (SSSR count). The Balaban J connectivity index is 2.73.